The van der Waals surface area contributed by atoms with Gasteiger partial charge in [0.15, 0.2) is 0 Å². The molecule has 0 rings (SSSR count). The number of rotatable bonds is 1. The second-order valence-corrected chi connectivity index (χ2v) is 1.52. The zero-order valence-electron chi connectivity index (χ0n) is 5.69. The van der Waals surface area contributed by atoms with E-state index in [0.717, 1.165) is 5.57 Å². The molecular weight excluding hydrogens is 95.0 g/mol. The predicted octanol–water partition coefficient (Wildman–Crippen LogP) is -2.53. The van der Waals surface area contributed by atoms with Crippen LogP contribution in [0.25, 0.3) is 0 Å². The first-order chi connectivity index (χ1) is 3.27. The molecule has 0 aliphatic rings. The summed E-state index contributed by atoms with van der Waals surface area (Å²) in [6, 6.07) is 0. The first-order valence-corrected chi connectivity index (χ1v) is 2.24. The molecule has 2 heteroatoms. The van der Waals surface area contributed by atoms with Gasteiger partial charge in [-0.2, -0.15) is 0 Å². The second-order valence-electron chi connectivity index (χ2n) is 1.52. The van der Waals surface area contributed by atoms with Crippen LogP contribution in [-0.2, 0) is 0 Å². The molecule has 0 aromatic rings. The van der Waals surface area contributed by atoms with E-state index in [-0.39, 0.29) is 25.5 Å². The molecule has 0 amide bonds. The molecule has 0 aromatic heterocycles. The zero-order chi connectivity index (χ0) is 5.70. The molecule has 0 saturated carbocycles. The summed E-state index contributed by atoms with van der Waals surface area (Å²) >= 11 is 0. The van der Waals surface area contributed by atoms with Crippen molar-refractivity contribution in [3.63, 3.8) is 0 Å². The van der Waals surface area contributed by atoms with E-state index in [1.54, 1.807) is 0 Å². The Hall–Kier alpha value is 0.0774. The third-order valence-electron chi connectivity index (χ3n) is 0.474. The fourth-order valence-electron chi connectivity index (χ4n) is 0.246. The summed E-state index contributed by atoms with van der Waals surface area (Å²) in [5.41, 5.74) is 3.83. The second kappa shape index (κ2) is 7.08. The smallest absolute Gasteiger partial charge is 0.851 e. The molecule has 0 fully saturated rings. The Balaban J connectivity index is 0. The first-order valence-electron chi connectivity index (χ1n) is 2.24. The van der Waals surface area contributed by atoms with Gasteiger partial charge in [0.1, 0.15) is 0 Å². The molecule has 0 heterocycles. The van der Waals surface area contributed by atoms with Crippen LogP contribution in [0.15, 0.2) is 17.4 Å². The van der Waals surface area contributed by atoms with Crippen LogP contribution in [0.3, 0.4) is 0 Å². The van der Waals surface area contributed by atoms with Crippen LogP contribution in [0.1, 0.15) is 13.8 Å². The molecule has 0 radical (unpaired) electrons. The largest absolute Gasteiger partial charge is 1.00 e. The van der Waals surface area contributed by atoms with Crippen molar-refractivity contribution in [2.45, 2.75) is 13.8 Å². The molecule has 1 nitrogen and oxygen atoms in total. The topological polar surface area (TPSA) is 23.1 Å². The summed E-state index contributed by atoms with van der Waals surface area (Å²) < 4.78 is 0. The van der Waals surface area contributed by atoms with E-state index in [0.29, 0.717) is 0 Å². The Bertz CT molecular complexity index is 97.1. The summed E-state index contributed by atoms with van der Waals surface area (Å²) in [4.78, 5) is 0. The van der Waals surface area contributed by atoms with Gasteiger partial charge in [-0.3, -0.25) is 0 Å². The van der Waals surface area contributed by atoms with E-state index < -0.39 is 0 Å². The number of hydrogen-bond acceptors (Lipinski definition) is 1. The fraction of sp³-hybridized carbons (Fsp3) is 0.500. The SMILES string of the molecule is CC(C)=C=CC[O-].[Li+]. The molecule has 0 N–H and O–H groups in total. The van der Waals surface area contributed by atoms with E-state index in [1.807, 2.05) is 13.8 Å². The van der Waals surface area contributed by atoms with Gasteiger partial charge >= 0.3 is 18.9 Å². The van der Waals surface area contributed by atoms with Crippen LogP contribution < -0.4 is 24.0 Å². The van der Waals surface area contributed by atoms with Gasteiger partial charge in [0.2, 0.25) is 0 Å². The minimum Gasteiger partial charge on any atom is -0.851 e. The molecule has 40 valence electrons. The third-order valence-corrected chi connectivity index (χ3v) is 0.474. The van der Waals surface area contributed by atoms with Crippen molar-refractivity contribution in [3.8, 4) is 0 Å². The van der Waals surface area contributed by atoms with E-state index in [9.17, 15) is 5.11 Å². The average molecular weight is 104 g/mol. The minimum atomic E-state index is -0.162. The van der Waals surface area contributed by atoms with Crippen LogP contribution in [0, 0.1) is 0 Å². The normalized spacial score (nSPS) is 6.38. The first kappa shape index (κ1) is 11.0. The molecule has 0 aliphatic carbocycles. The molecule has 0 atom stereocenters. The van der Waals surface area contributed by atoms with Gasteiger partial charge in [-0.15, -0.1) is 12.3 Å². The zero-order valence-corrected chi connectivity index (χ0v) is 5.69. The van der Waals surface area contributed by atoms with Crippen molar-refractivity contribution >= 4 is 0 Å². The van der Waals surface area contributed by atoms with Crippen molar-refractivity contribution < 1.29 is 24.0 Å². The van der Waals surface area contributed by atoms with Crippen LogP contribution in [-0.4, -0.2) is 6.61 Å². The standard InChI is InChI=1S/C6H9O.Li/c1-6(2)4-3-5-7;/h3H,5H2,1-2H3;/q-1;+1. The summed E-state index contributed by atoms with van der Waals surface area (Å²) in [5.74, 6) is 0. The maximum Gasteiger partial charge on any atom is 1.00 e. The van der Waals surface area contributed by atoms with E-state index >= 15 is 0 Å². The molecule has 0 bridgehead atoms. The summed E-state index contributed by atoms with van der Waals surface area (Å²) in [6.45, 7) is 3.66. The van der Waals surface area contributed by atoms with Gasteiger partial charge in [-0.25, -0.2) is 0 Å². The van der Waals surface area contributed by atoms with E-state index in [1.165, 1.54) is 6.08 Å². The minimum absolute atomic E-state index is 0. The molecule has 0 unspecified atom stereocenters. The van der Waals surface area contributed by atoms with E-state index in [2.05, 4.69) is 5.73 Å². The van der Waals surface area contributed by atoms with E-state index in [4.69, 9.17) is 0 Å². The molecule has 0 saturated heterocycles. The maximum absolute atomic E-state index is 9.70. The molecule has 0 spiro atoms. The molecule has 0 aliphatic heterocycles. The van der Waals surface area contributed by atoms with Crippen molar-refractivity contribution in [1.82, 2.24) is 0 Å². The van der Waals surface area contributed by atoms with Crippen LogP contribution in [0.5, 0.6) is 0 Å². The maximum atomic E-state index is 9.70. The van der Waals surface area contributed by atoms with Gasteiger partial charge in [-0.05, 0) is 19.4 Å². The van der Waals surface area contributed by atoms with Crippen LogP contribution in [0.2, 0.25) is 0 Å². The fourth-order valence-corrected chi connectivity index (χ4v) is 0.246. The van der Waals surface area contributed by atoms with Gasteiger partial charge in [-0.1, -0.05) is 6.08 Å². The van der Waals surface area contributed by atoms with Gasteiger partial charge in [0.25, 0.3) is 0 Å². The number of hydrogen-bond donors (Lipinski definition) is 0. The molecular formula is C6H9LiO. The van der Waals surface area contributed by atoms with Crippen molar-refractivity contribution in [2.24, 2.45) is 0 Å². The van der Waals surface area contributed by atoms with Crippen LogP contribution >= 0.6 is 0 Å². The molecule has 8 heavy (non-hydrogen) atoms. The Kier molecular flexibility index (Phi) is 9.69. The van der Waals surface area contributed by atoms with Gasteiger partial charge in [0.05, 0.1) is 0 Å². The quantitative estimate of drug-likeness (QED) is 0.266. The average Bonchev–Trinajstić information content (AvgIpc) is 1.61. The monoisotopic (exact) mass is 104 g/mol. The molecule has 0 aromatic carbocycles. The van der Waals surface area contributed by atoms with Crippen molar-refractivity contribution in [2.75, 3.05) is 6.61 Å². The van der Waals surface area contributed by atoms with Crippen LogP contribution in [0.4, 0.5) is 0 Å². The summed E-state index contributed by atoms with van der Waals surface area (Å²) in [7, 11) is 0. The predicted molar refractivity (Wildman–Crippen MR) is 27.8 cm³/mol. The van der Waals surface area contributed by atoms with Gasteiger partial charge in [0, 0.05) is 0 Å². The Labute approximate surface area is 62.3 Å². The Morgan fingerprint density at radius 3 is 2.25 bits per heavy atom. The summed E-state index contributed by atoms with van der Waals surface area (Å²) in [6.07, 6.45) is 1.48. The third kappa shape index (κ3) is 9.42. The van der Waals surface area contributed by atoms with Crippen molar-refractivity contribution in [1.29, 1.82) is 0 Å². The Morgan fingerprint density at radius 2 is 2.12 bits per heavy atom. The summed E-state index contributed by atoms with van der Waals surface area (Å²) in [5, 5.41) is 9.70. The van der Waals surface area contributed by atoms with Crippen molar-refractivity contribution in [3.05, 3.63) is 17.4 Å². The van der Waals surface area contributed by atoms with Gasteiger partial charge < -0.3 is 5.11 Å². The Morgan fingerprint density at radius 1 is 1.62 bits per heavy atom.